The summed E-state index contributed by atoms with van der Waals surface area (Å²) in [4.78, 5) is 25.3. The zero-order chi connectivity index (χ0) is 18.7. The minimum absolute atomic E-state index is 0.000375. The maximum atomic E-state index is 12.2. The topological polar surface area (TPSA) is 61.4 Å². The SMILES string of the molecule is Cc1cc(N2CC(N(C)CC(=O)NCc3ccccc3Cl)C2)nc(C)n1. The van der Waals surface area contributed by atoms with Crippen LogP contribution in [0.4, 0.5) is 5.82 Å². The summed E-state index contributed by atoms with van der Waals surface area (Å²) in [6.45, 7) is 6.43. The van der Waals surface area contributed by atoms with Crippen LogP contribution in [0, 0.1) is 13.8 Å². The molecule has 1 aromatic heterocycles. The number of hydrogen-bond donors (Lipinski definition) is 1. The highest BCUT2D eigenvalue weighted by Gasteiger charge is 2.31. The van der Waals surface area contributed by atoms with Crippen LogP contribution in [0.2, 0.25) is 5.02 Å². The molecule has 7 heteroatoms. The Morgan fingerprint density at radius 3 is 2.73 bits per heavy atom. The third-order valence-corrected chi connectivity index (χ3v) is 4.96. The van der Waals surface area contributed by atoms with Gasteiger partial charge in [0.2, 0.25) is 5.91 Å². The lowest BCUT2D eigenvalue weighted by Crippen LogP contribution is -2.60. The summed E-state index contributed by atoms with van der Waals surface area (Å²) in [6.07, 6.45) is 0. The molecule has 138 valence electrons. The second-order valence-corrected chi connectivity index (χ2v) is 7.16. The Morgan fingerprint density at radius 1 is 1.31 bits per heavy atom. The van der Waals surface area contributed by atoms with Crippen molar-refractivity contribution in [2.24, 2.45) is 0 Å². The van der Waals surface area contributed by atoms with Gasteiger partial charge in [-0.05, 0) is 32.5 Å². The predicted octanol–water partition coefficient (Wildman–Crippen LogP) is 2.18. The molecule has 1 aromatic carbocycles. The van der Waals surface area contributed by atoms with Gasteiger partial charge in [0.15, 0.2) is 0 Å². The number of carbonyl (C=O) groups is 1. The first-order valence-corrected chi connectivity index (χ1v) is 9.08. The maximum absolute atomic E-state index is 12.2. The van der Waals surface area contributed by atoms with Gasteiger partial charge in [0, 0.05) is 42.5 Å². The molecule has 0 bridgehead atoms. The Balaban J connectivity index is 1.45. The Hall–Kier alpha value is -2.18. The van der Waals surface area contributed by atoms with Crippen molar-refractivity contribution in [2.45, 2.75) is 26.4 Å². The van der Waals surface area contributed by atoms with Crippen LogP contribution in [-0.2, 0) is 11.3 Å². The highest BCUT2D eigenvalue weighted by Crippen LogP contribution is 2.22. The molecule has 2 aromatic rings. The van der Waals surface area contributed by atoms with E-state index in [-0.39, 0.29) is 5.91 Å². The average Bonchev–Trinajstić information content (AvgIpc) is 2.51. The highest BCUT2D eigenvalue weighted by atomic mass is 35.5. The molecule has 2 heterocycles. The molecule has 1 aliphatic rings. The summed E-state index contributed by atoms with van der Waals surface area (Å²) in [5.74, 6) is 1.75. The molecular weight excluding hydrogens is 350 g/mol. The zero-order valence-corrected chi connectivity index (χ0v) is 16.1. The van der Waals surface area contributed by atoms with E-state index in [4.69, 9.17) is 11.6 Å². The van der Waals surface area contributed by atoms with E-state index in [1.807, 2.05) is 51.2 Å². The second kappa shape index (κ2) is 8.01. The number of amides is 1. The molecule has 26 heavy (non-hydrogen) atoms. The van der Waals surface area contributed by atoms with Crippen molar-refractivity contribution < 1.29 is 4.79 Å². The molecule has 1 aliphatic heterocycles. The molecule has 0 spiro atoms. The largest absolute Gasteiger partial charge is 0.353 e. The number of anilines is 1. The van der Waals surface area contributed by atoms with Crippen molar-refractivity contribution in [3.05, 3.63) is 52.4 Å². The highest BCUT2D eigenvalue weighted by molar-refractivity contribution is 6.31. The smallest absolute Gasteiger partial charge is 0.234 e. The van der Waals surface area contributed by atoms with Gasteiger partial charge in [-0.1, -0.05) is 29.8 Å². The summed E-state index contributed by atoms with van der Waals surface area (Å²) in [7, 11) is 1.98. The van der Waals surface area contributed by atoms with E-state index in [0.29, 0.717) is 24.2 Å². The molecule has 1 fully saturated rings. The number of likely N-dealkylation sites (N-methyl/N-ethyl adjacent to an activating group) is 1. The summed E-state index contributed by atoms with van der Waals surface area (Å²) in [5, 5.41) is 3.60. The van der Waals surface area contributed by atoms with Gasteiger partial charge < -0.3 is 10.2 Å². The lowest BCUT2D eigenvalue weighted by Gasteiger charge is -2.44. The van der Waals surface area contributed by atoms with Crippen LogP contribution < -0.4 is 10.2 Å². The summed E-state index contributed by atoms with van der Waals surface area (Å²) >= 11 is 6.11. The Morgan fingerprint density at radius 2 is 2.04 bits per heavy atom. The van der Waals surface area contributed by atoms with Crippen molar-refractivity contribution in [2.75, 3.05) is 31.6 Å². The van der Waals surface area contributed by atoms with Gasteiger partial charge in [-0.15, -0.1) is 0 Å². The summed E-state index contributed by atoms with van der Waals surface area (Å²) in [5.41, 5.74) is 1.90. The molecule has 1 N–H and O–H groups in total. The van der Waals surface area contributed by atoms with E-state index < -0.39 is 0 Å². The van der Waals surface area contributed by atoms with E-state index in [2.05, 4.69) is 25.1 Å². The molecule has 0 saturated carbocycles. The van der Waals surface area contributed by atoms with E-state index in [1.165, 1.54) is 0 Å². The maximum Gasteiger partial charge on any atom is 0.234 e. The first kappa shape index (κ1) is 18.6. The molecule has 0 aliphatic carbocycles. The normalized spacial score (nSPS) is 14.4. The molecule has 0 unspecified atom stereocenters. The van der Waals surface area contributed by atoms with Crippen molar-refractivity contribution in [1.82, 2.24) is 20.2 Å². The van der Waals surface area contributed by atoms with Gasteiger partial charge in [-0.2, -0.15) is 0 Å². The fraction of sp³-hybridized carbons (Fsp3) is 0.421. The summed E-state index contributed by atoms with van der Waals surface area (Å²) < 4.78 is 0. The minimum Gasteiger partial charge on any atom is -0.353 e. The molecule has 0 atom stereocenters. The Kier molecular flexibility index (Phi) is 5.74. The Bertz CT molecular complexity index is 771. The summed E-state index contributed by atoms with van der Waals surface area (Å²) in [6, 6.07) is 9.89. The van der Waals surface area contributed by atoms with Gasteiger partial charge in [0.05, 0.1) is 6.54 Å². The van der Waals surface area contributed by atoms with E-state index >= 15 is 0 Å². The first-order valence-electron chi connectivity index (χ1n) is 8.70. The van der Waals surface area contributed by atoms with E-state index in [9.17, 15) is 4.79 Å². The number of nitrogens with zero attached hydrogens (tertiary/aromatic N) is 4. The third kappa shape index (κ3) is 4.51. The van der Waals surface area contributed by atoms with Gasteiger partial charge in [-0.3, -0.25) is 9.69 Å². The number of halogens is 1. The monoisotopic (exact) mass is 373 g/mol. The van der Waals surface area contributed by atoms with Crippen molar-refractivity contribution >= 4 is 23.3 Å². The molecule has 1 saturated heterocycles. The molecule has 3 rings (SSSR count). The van der Waals surface area contributed by atoms with Gasteiger partial charge in [0.1, 0.15) is 11.6 Å². The average molecular weight is 374 g/mol. The van der Waals surface area contributed by atoms with Gasteiger partial charge >= 0.3 is 0 Å². The van der Waals surface area contributed by atoms with Crippen LogP contribution in [-0.4, -0.2) is 53.5 Å². The quantitative estimate of drug-likeness (QED) is 0.841. The fourth-order valence-electron chi connectivity index (χ4n) is 3.03. The van der Waals surface area contributed by atoms with Crippen LogP contribution in [0.5, 0.6) is 0 Å². The van der Waals surface area contributed by atoms with E-state index in [0.717, 1.165) is 36.0 Å². The standard InChI is InChI=1S/C19H24ClN5O/c1-13-8-18(23-14(2)22-13)25-10-16(11-25)24(3)12-19(26)21-9-15-6-4-5-7-17(15)20/h4-8,16H,9-12H2,1-3H3,(H,21,26). The van der Waals surface area contributed by atoms with Crippen LogP contribution in [0.1, 0.15) is 17.1 Å². The molecular formula is C19H24ClN5O. The predicted molar refractivity (Wildman–Crippen MR) is 103 cm³/mol. The van der Waals surface area contributed by atoms with Crippen molar-refractivity contribution in [3.63, 3.8) is 0 Å². The molecule has 1 amide bonds. The van der Waals surface area contributed by atoms with Crippen molar-refractivity contribution in [3.8, 4) is 0 Å². The third-order valence-electron chi connectivity index (χ3n) is 4.59. The van der Waals surface area contributed by atoms with Crippen LogP contribution >= 0.6 is 11.6 Å². The number of nitrogens with one attached hydrogen (secondary N) is 1. The zero-order valence-electron chi connectivity index (χ0n) is 15.4. The molecule has 0 radical (unpaired) electrons. The number of benzene rings is 1. The van der Waals surface area contributed by atoms with E-state index in [1.54, 1.807) is 0 Å². The number of carbonyl (C=O) groups excluding carboxylic acids is 1. The van der Waals surface area contributed by atoms with Crippen molar-refractivity contribution in [1.29, 1.82) is 0 Å². The molecule has 6 nitrogen and oxygen atoms in total. The number of rotatable bonds is 6. The lowest BCUT2D eigenvalue weighted by molar-refractivity contribution is -0.122. The van der Waals surface area contributed by atoms with Gasteiger partial charge in [0.25, 0.3) is 0 Å². The first-order chi connectivity index (χ1) is 12.4. The number of hydrogen-bond acceptors (Lipinski definition) is 5. The fourth-order valence-corrected chi connectivity index (χ4v) is 3.23. The van der Waals surface area contributed by atoms with Crippen LogP contribution in [0.3, 0.4) is 0 Å². The minimum atomic E-state index is -0.000375. The second-order valence-electron chi connectivity index (χ2n) is 6.76. The van der Waals surface area contributed by atoms with Gasteiger partial charge in [-0.25, -0.2) is 9.97 Å². The number of aromatic nitrogens is 2. The Labute approximate surface area is 159 Å². The van der Waals surface area contributed by atoms with Crippen LogP contribution in [0.15, 0.2) is 30.3 Å². The van der Waals surface area contributed by atoms with Crippen LogP contribution in [0.25, 0.3) is 0 Å². The number of aryl methyl sites for hydroxylation is 2. The lowest BCUT2D eigenvalue weighted by atomic mass is 10.1.